The van der Waals surface area contributed by atoms with Crippen molar-refractivity contribution in [2.75, 3.05) is 5.73 Å². The number of fused-ring (bicyclic) bond motifs is 1. The minimum Gasteiger partial charge on any atom is -0.384 e. The van der Waals surface area contributed by atoms with Crippen molar-refractivity contribution in [3.05, 3.63) is 34.8 Å². The van der Waals surface area contributed by atoms with Gasteiger partial charge in [-0.25, -0.2) is 4.98 Å². The van der Waals surface area contributed by atoms with E-state index in [-0.39, 0.29) is 0 Å². The highest BCUT2D eigenvalue weighted by molar-refractivity contribution is 9.10. The Morgan fingerprint density at radius 2 is 2.00 bits per heavy atom. The van der Waals surface area contributed by atoms with Crippen molar-refractivity contribution in [3.8, 4) is 0 Å². The maximum absolute atomic E-state index is 5.58. The number of nitrogens with zero attached hydrogens (tertiary/aromatic N) is 1. The van der Waals surface area contributed by atoms with E-state index in [0.717, 1.165) is 15.4 Å². The first-order valence-corrected chi connectivity index (χ1v) is 4.37. The van der Waals surface area contributed by atoms with Gasteiger partial charge in [0.05, 0.1) is 5.52 Å². The van der Waals surface area contributed by atoms with Crippen molar-refractivity contribution in [1.82, 2.24) is 4.98 Å². The van der Waals surface area contributed by atoms with E-state index in [1.807, 2.05) is 30.3 Å². The molecule has 2 N–H and O–H groups in total. The summed E-state index contributed by atoms with van der Waals surface area (Å²) in [5.41, 5.74) is 6.50. The van der Waals surface area contributed by atoms with E-state index in [1.54, 1.807) is 0 Å². The number of para-hydroxylation sites is 1. The van der Waals surface area contributed by atoms with Gasteiger partial charge < -0.3 is 5.73 Å². The van der Waals surface area contributed by atoms with Gasteiger partial charge in [-0.15, -0.1) is 0 Å². The number of nitrogen functional groups attached to an aromatic ring is 1. The van der Waals surface area contributed by atoms with E-state index >= 15 is 0 Å². The van der Waals surface area contributed by atoms with Crippen molar-refractivity contribution in [2.45, 2.75) is 0 Å². The van der Waals surface area contributed by atoms with Crippen LogP contribution in [0.4, 0.5) is 5.82 Å². The summed E-state index contributed by atoms with van der Waals surface area (Å²) in [4.78, 5) is 4.18. The van der Waals surface area contributed by atoms with E-state index in [9.17, 15) is 0 Å². The summed E-state index contributed by atoms with van der Waals surface area (Å²) in [6, 6.07) is 9.68. The van der Waals surface area contributed by atoms with Crippen LogP contribution < -0.4 is 5.73 Å². The summed E-state index contributed by atoms with van der Waals surface area (Å²) in [7, 11) is 0. The van der Waals surface area contributed by atoms with Crippen LogP contribution in [0, 0.1) is 0 Å². The first-order valence-electron chi connectivity index (χ1n) is 3.58. The van der Waals surface area contributed by atoms with Gasteiger partial charge in [0.15, 0.2) is 0 Å². The van der Waals surface area contributed by atoms with Gasteiger partial charge in [0.1, 0.15) is 5.82 Å². The zero-order valence-corrected chi connectivity index (χ0v) is 7.88. The summed E-state index contributed by atoms with van der Waals surface area (Å²) in [5, 5.41) is 1.09. The molecule has 0 aliphatic rings. The Labute approximate surface area is 78.5 Å². The average molecular weight is 223 g/mol. The second-order valence-corrected chi connectivity index (χ2v) is 3.40. The molecule has 0 aliphatic carbocycles. The Hall–Kier alpha value is -1.09. The van der Waals surface area contributed by atoms with Gasteiger partial charge in [-0.2, -0.15) is 0 Å². The minimum absolute atomic E-state index is 0.542. The lowest BCUT2D eigenvalue weighted by atomic mass is 10.2. The van der Waals surface area contributed by atoms with Gasteiger partial charge in [-0.05, 0) is 28.1 Å². The lowest BCUT2D eigenvalue weighted by molar-refractivity contribution is 1.40. The lowest BCUT2D eigenvalue weighted by Crippen LogP contribution is -1.90. The number of anilines is 1. The molecule has 1 aromatic heterocycles. The normalized spacial score (nSPS) is 10.4. The quantitative estimate of drug-likeness (QED) is 0.745. The van der Waals surface area contributed by atoms with E-state index < -0.39 is 0 Å². The van der Waals surface area contributed by atoms with Crippen LogP contribution in [0.2, 0.25) is 0 Å². The van der Waals surface area contributed by atoms with Crippen molar-refractivity contribution in [3.63, 3.8) is 0 Å². The predicted octanol–water partition coefficient (Wildman–Crippen LogP) is 2.58. The molecule has 0 fully saturated rings. The molecular formula is C9H7BrN2. The molecule has 1 heterocycles. The molecule has 0 saturated heterocycles. The number of nitrogens with two attached hydrogens (primary N) is 1. The Bertz CT molecular complexity index is 426. The third-order valence-corrected chi connectivity index (χ3v) is 2.34. The zero-order valence-electron chi connectivity index (χ0n) is 6.29. The highest BCUT2D eigenvalue weighted by Crippen LogP contribution is 2.23. The Morgan fingerprint density at radius 3 is 2.83 bits per heavy atom. The Morgan fingerprint density at radius 1 is 1.25 bits per heavy atom. The lowest BCUT2D eigenvalue weighted by Gasteiger charge is -2.00. The second-order valence-electron chi connectivity index (χ2n) is 2.55. The van der Waals surface area contributed by atoms with Gasteiger partial charge in [0, 0.05) is 9.86 Å². The molecule has 60 valence electrons. The summed E-state index contributed by atoms with van der Waals surface area (Å²) < 4.78 is 0.991. The topological polar surface area (TPSA) is 38.9 Å². The van der Waals surface area contributed by atoms with Crippen LogP contribution >= 0.6 is 15.9 Å². The van der Waals surface area contributed by atoms with Gasteiger partial charge in [-0.3, -0.25) is 0 Å². The number of hydrogen-bond acceptors (Lipinski definition) is 2. The highest BCUT2D eigenvalue weighted by Gasteiger charge is 1.99. The third-order valence-electron chi connectivity index (χ3n) is 1.69. The summed E-state index contributed by atoms with van der Waals surface area (Å²) >= 11 is 3.43. The number of halogens is 1. The maximum Gasteiger partial charge on any atom is 0.125 e. The van der Waals surface area contributed by atoms with E-state index in [0.29, 0.717) is 5.82 Å². The van der Waals surface area contributed by atoms with Crippen LogP contribution in [-0.4, -0.2) is 4.98 Å². The summed E-state index contributed by atoms with van der Waals surface area (Å²) in [5.74, 6) is 0.542. The van der Waals surface area contributed by atoms with Crippen molar-refractivity contribution >= 4 is 32.7 Å². The van der Waals surface area contributed by atoms with E-state index in [4.69, 9.17) is 5.73 Å². The molecule has 2 rings (SSSR count). The predicted molar refractivity (Wildman–Crippen MR) is 53.9 cm³/mol. The maximum atomic E-state index is 5.58. The van der Waals surface area contributed by atoms with E-state index in [1.165, 1.54) is 0 Å². The monoisotopic (exact) mass is 222 g/mol. The standard InChI is InChI=1S/C9H7BrN2/c10-7-5-9(11)12-8-4-2-1-3-6(7)8/h1-5H,(H2,11,12). The van der Waals surface area contributed by atoms with Gasteiger partial charge in [0.25, 0.3) is 0 Å². The average Bonchev–Trinajstić information content (AvgIpc) is 2.04. The molecule has 2 aromatic rings. The Kier molecular flexibility index (Phi) is 1.73. The molecule has 0 saturated carbocycles. The van der Waals surface area contributed by atoms with Crippen molar-refractivity contribution < 1.29 is 0 Å². The first kappa shape index (κ1) is 7.55. The minimum atomic E-state index is 0.542. The SMILES string of the molecule is Nc1cc(Br)c2ccccc2n1. The summed E-state index contributed by atoms with van der Waals surface area (Å²) in [6.45, 7) is 0. The number of pyridine rings is 1. The number of rotatable bonds is 0. The largest absolute Gasteiger partial charge is 0.384 e. The number of aromatic nitrogens is 1. The fraction of sp³-hybridized carbons (Fsp3) is 0. The van der Waals surface area contributed by atoms with Crippen LogP contribution in [0.5, 0.6) is 0 Å². The molecule has 2 nitrogen and oxygen atoms in total. The molecule has 12 heavy (non-hydrogen) atoms. The highest BCUT2D eigenvalue weighted by atomic mass is 79.9. The van der Waals surface area contributed by atoms with Crippen LogP contribution in [0.3, 0.4) is 0 Å². The first-order chi connectivity index (χ1) is 5.77. The number of hydrogen-bond donors (Lipinski definition) is 1. The van der Waals surface area contributed by atoms with Crippen LogP contribution in [0.1, 0.15) is 0 Å². The number of benzene rings is 1. The van der Waals surface area contributed by atoms with Crippen molar-refractivity contribution in [1.29, 1.82) is 0 Å². The van der Waals surface area contributed by atoms with Crippen LogP contribution in [0.15, 0.2) is 34.8 Å². The summed E-state index contributed by atoms with van der Waals surface area (Å²) in [6.07, 6.45) is 0. The molecule has 0 aliphatic heterocycles. The molecular weight excluding hydrogens is 216 g/mol. The van der Waals surface area contributed by atoms with Gasteiger partial charge in [-0.1, -0.05) is 18.2 Å². The van der Waals surface area contributed by atoms with Crippen LogP contribution in [0.25, 0.3) is 10.9 Å². The van der Waals surface area contributed by atoms with Gasteiger partial charge >= 0.3 is 0 Å². The Balaban J connectivity index is 2.89. The van der Waals surface area contributed by atoms with Crippen molar-refractivity contribution in [2.24, 2.45) is 0 Å². The molecule has 1 aromatic carbocycles. The molecule has 0 amide bonds. The fourth-order valence-corrected chi connectivity index (χ4v) is 1.72. The molecule has 3 heteroatoms. The molecule has 0 bridgehead atoms. The molecule has 0 atom stereocenters. The second kappa shape index (κ2) is 2.75. The molecule has 0 unspecified atom stereocenters. The van der Waals surface area contributed by atoms with E-state index in [2.05, 4.69) is 20.9 Å². The third kappa shape index (κ3) is 1.16. The fourth-order valence-electron chi connectivity index (χ4n) is 1.15. The zero-order chi connectivity index (χ0) is 8.55. The van der Waals surface area contributed by atoms with Gasteiger partial charge in [0.2, 0.25) is 0 Å². The molecule has 0 radical (unpaired) electrons. The van der Waals surface area contributed by atoms with Crippen LogP contribution in [-0.2, 0) is 0 Å². The molecule has 0 spiro atoms. The smallest absolute Gasteiger partial charge is 0.125 e.